The molecule has 1 saturated heterocycles. The smallest absolute Gasteiger partial charge is 0.312 e. The van der Waals surface area contributed by atoms with Crippen LogP contribution in [0, 0.1) is 0 Å². The van der Waals surface area contributed by atoms with Crippen LogP contribution in [-0.4, -0.2) is 21.7 Å². The molecule has 0 spiro atoms. The largest absolute Gasteiger partial charge is 0.316 e. The van der Waals surface area contributed by atoms with Crippen LogP contribution in [0.3, 0.4) is 0 Å². The minimum absolute atomic E-state index is 0.329. The van der Waals surface area contributed by atoms with E-state index in [9.17, 15) is 9.59 Å². The van der Waals surface area contributed by atoms with Gasteiger partial charge in [-0.2, -0.15) is 0 Å². The zero-order valence-corrected chi connectivity index (χ0v) is 8.77. The van der Waals surface area contributed by atoms with Crippen LogP contribution in [-0.2, 0) is 13.6 Å². The van der Waals surface area contributed by atoms with Crippen LogP contribution in [0.4, 0.5) is 0 Å². The fourth-order valence-electron chi connectivity index (χ4n) is 1.88. The van der Waals surface area contributed by atoms with Gasteiger partial charge in [-0.25, -0.2) is 0 Å². The van der Waals surface area contributed by atoms with Gasteiger partial charge in [0.1, 0.15) is 0 Å². The van der Waals surface area contributed by atoms with Gasteiger partial charge in [-0.05, 0) is 19.4 Å². The second-order valence-corrected chi connectivity index (χ2v) is 3.96. The monoisotopic (exact) mass is 209 g/mol. The molecule has 1 aliphatic heterocycles. The predicted molar refractivity (Wildman–Crippen MR) is 57.0 cm³/mol. The van der Waals surface area contributed by atoms with E-state index in [0.717, 1.165) is 19.4 Å². The van der Waals surface area contributed by atoms with Crippen LogP contribution >= 0.6 is 0 Å². The summed E-state index contributed by atoms with van der Waals surface area (Å²) in [4.78, 5) is 23.0. The number of hydrogen-bond acceptors (Lipinski definition) is 3. The maximum atomic E-state index is 11.6. The maximum absolute atomic E-state index is 11.6. The molecular formula is C10H15N3O2. The summed E-state index contributed by atoms with van der Waals surface area (Å²) < 4.78 is 2.80. The van der Waals surface area contributed by atoms with Crippen molar-refractivity contribution in [1.82, 2.24) is 14.5 Å². The number of nitrogens with one attached hydrogen (secondary N) is 1. The Morgan fingerprint density at radius 2 is 2.20 bits per heavy atom. The van der Waals surface area contributed by atoms with E-state index < -0.39 is 11.1 Å². The molecule has 0 unspecified atom stereocenters. The lowest BCUT2D eigenvalue weighted by Gasteiger charge is -2.12. The third-order valence-electron chi connectivity index (χ3n) is 2.81. The van der Waals surface area contributed by atoms with Gasteiger partial charge in [-0.15, -0.1) is 0 Å². The lowest BCUT2D eigenvalue weighted by Crippen LogP contribution is -2.42. The standard InChI is InChI=1S/C10H15N3O2/c1-12-5-6-13(10(15)9(12)14)7-8-3-2-4-11-8/h5-6,8,11H,2-4,7H2,1H3/t8-/m1/s1. The lowest BCUT2D eigenvalue weighted by atomic mass is 10.2. The van der Waals surface area contributed by atoms with Gasteiger partial charge in [0.25, 0.3) is 0 Å². The molecule has 5 heteroatoms. The van der Waals surface area contributed by atoms with Crippen molar-refractivity contribution in [2.75, 3.05) is 6.54 Å². The van der Waals surface area contributed by atoms with E-state index in [0.29, 0.717) is 12.6 Å². The summed E-state index contributed by atoms with van der Waals surface area (Å²) in [5, 5.41) is 3.30. The number of nitrogens with zero attached hydrogens (tertiary/aromatic N) is 2. The molecule has 0 aromatic carbocycles. The molecule has 1 fully saturated rings. The highest BCUT2D eigenvalue weighted by atomic mass is 16.2. The second kappa shape index (κ2) is 4.02. The molecule has 0 aliphatic carbocycles. The summed E-state index contributed by atoms with van der Waals surface area (Å²) in [6.45, 7) is 1.60. The van der Waals surface area contributed by atoms with Gasteiger partial charge >= 0.3 is 11.1 Å². The Morgan fingerprint density at radius 3 is 2.87 bits per heavy atom. The fraction of sp³-hybridized carbons (Fsp3) is 0.600. The van der Waals surface area contributed by atoms with Crippen molar-refractivity contribution in [3.05, 3.63) is 33.1 Å². The van der Waals surface area contributed by atoms with Crippen molar-refractivity contribution >= 4 is 0 Å². The van der Waals surface area contributed by atoms with Gasteiger partial charge in [0.2, 0.25) is 0 Å². The van der Waals surface area contributed by atoms with Crippen LogP contribution in [0.1, 0.15) is 12.8 Å². The Balaban J connectivity index is 2.25. The third kappa shape index (κ3) is 2.02. The molecular weight excluding hydrogens is 194 g/mol. The summed E-state index contributed by atoms with van der Waals surface area (Å²) in [7, 11) is 1.59. The van der Waals surface area contributed by atoms with E-state index in [1.807, 2.05) is 0 Å². The van der Waals surface area contributed by atoms with E-state index in [1.165, 1.54) is 9.13 Å². The van der Waals surface area contributed by atoms with Crippen molar-refractivity contribution in [2.24, 2.45) is 7.05 Å². The van der Waals surface area contributed by atoms with Gasteiger partial charge in [-0.3, -0.25) is 9.59 Å². The Bertz CT molecular complexity index is 454. The van der Waals surface area contributed by atoms with E-state index >= 15 is 0 Å². The average molecular weight is 209 g/mol. The molecule has 0 saturated carbocycles. The lowest BCUT2D eigenvalue weighted by molar-refractivity contribution is 0.492. The van der Waals surface area contributed by atoms with Gasteiger partial charge in [0.05, 0.1) is 0 Å². The van der Waals surface area contributed by atoms with Crippen LogP contribution in [0.2, 0.25) is 0 Å². The first kappa shape index (κ1) is 10.2. The van der Waals surface area contributed by atoms with Crippen LogP contribution < -0.4 is 16.4 Å². The van der Waals surface area contributed by atoms with Crippen molar-refractivity contribution in [1.29, 1.82) is 0 Å². The Hall–Kier alpha value is -1.36. The van der Waals surface area contributed by atoms with Crippen molar-refractivity contribution in [3.63, 3.8) is 0 Å². The van der Waals surface area contributed by atoms with Crippen LogP contribution in [0.5, 0.6) is 0 Å². The van der Waals surface area contributed by atoms with Crippen molar-refractivity contribution in [2.45, 2.75) is 25.4 Å². The van der Waals surface area contributed by atoms with Crippen molar-refractivity contribution < 1.29 is 0 Å². The Labute approximate surface area is 87.3 Å². The normalized spacial score (nSPS) is 20.7. The number of aromatic nitrogens is 2. The summed E-state index contributed by atoms with van der Waals surface area (Å²) in [6, 6.07) is 0.329. The van der Waals surface area contributed by atoms with Gasteiger partial charge in [0, 0.05) is 32.0 Å². The number of hydrogen-bond donors (Lipinski definition) is 1. The Morgan fingerprint density at radius 1 is 1.40 bits per heavy atom. The minimum atomic E-state index is -0.463. The zero-order valence-electron chi connectivity index (χ0n) is 8.77. The third-order valence-corrected chi connectivity index (χ3v) is 2.81. The quantitative estimate of drug-likeness (QED) is 0.655. The van der Waals surface area contributed by atoms with Gasteiger partial charge in [0.15, 0.2) is 0 Å². The number of rotatable bonds is 2. The van der Waals surface area contributed by atoms with Crippen LogP contribution in [0.15, 0.2) is 22.0 Å². The first-order valence-corrected chi connectivity index (χ1v) is 5.18. The summed E-state index contributed by atoms with van der Waals surface area (Å²) in [5.74, 6) is 0. The molecule has 0 radical (unpaired) electrons. The topological polar surface area (TPSA) is 56.0 Å². The van der Waals surface area contributed by atoms with Gasteiger partial charge in [-0.1, -0.05) is 0 Å². The summed E-state index contributed by atoms with van der Waals surface area (Å²) in [5.41, 5.74) is -0.899. The molecule has 0 amide bonds. The minimum Gasteiger partial charge on any atom is -0.312 e. The van der Waals surface area contributed by atoms with Gasteiger partial charge < -0.3 is 14.5 Å². The van der Waals surface area contributed by atoms with Crippen LogP contribution in [0.25, 0.3) is 0 Å². The average Bonchev–Trinajstić information content (AvgIpc) is 2.72. The molecule has 1 atom stereocenters. The number of aryl methyl sites for hydroxylation is 1. The molecule has 1 aromatic rings. The van der Waals surface area contributed by atoms with E-state index in [2.05, 4.69) is 5.32 Å². The molecule has 2 heterocycles. The van der Waals surface area contributed by atoms with E-state index in [4.69, 9.17) is 0 Å². The molecule has 82 valence electrons. The highest BCUT2D eigenvalue weighted by Crippen LogP contribution is 2.05. The molecule has 1 aromatic heterocycles. The van der Waals surface area contributed by atoms with E-state index in [-0.39, 0.29) is 0 Å². The first-order valence-electron chi connectivity index (χ1n) is 5.18. The molecule has 5 nitrogen and oxygen atoms in total. The highest BCUT2D eigenvalue weighted by molar-refractivity contribution is 4.87. The predicted octanol–water partition coefficient (Wildman–Crippen LogP) is -0.701. The van der Waals surface area contributed by atoms with Crippen molar-refractivity contribution in [3.8, 4) is 0 Å². The SMILES string of the molecule is Cn1ccn(C[C@H]2CCCN2)c(=O)c1=O. The Kier molecular flexibility index (Phi) is 2.73. The molecule has 2 rings (SSSR count). The molecule has 0 bridgehead atoms. The highest BCUT2D eigenvalue weighted by Gasteiger charge is 2.15. The maximum Gasteiger partial charge on any atom is 0.316 e. The zero-order chi connectivity index (χ0) is 10.8. The summed E-state index contributed by atoms with van der Waals surface area (Å²) >= 11 is 0. The molecule has 1 aliphatic rings. The molecule has 1 N–H and O–H groups in total. The first-order chi connectivity index (χ1) is 7.18. The second-order valence-electron chi connectivity index (χ2n) is 3.96. The van der Waals surface area contributed by atoms with E-state index in [1.54, 1.807) is 19.4 Å². The molecule has 15 heavy (non-hydrogen) atoms. The fourth-order valence-corrected chi connectivity index (χ4v) is 1.88. The summed E-state index contributed by atoms with van der Waals surface area (Å²) in [6.07, 6.45) is 5.51.